The molecule has 4 nitrogen and oxygen atoms in total. The van der Waals surface area contributed by atoms with Crippen molar-refractivity contribution in [3.8, 4) is 0 Å². The molecule has 1 aromatic heterocycles. The highest BCUT2D eigenvalue weighted by Crippen LogP contribution is 2.15. The Bertz CT molecular complexity index is 478. The minimum Gasteiger partial charge on any atom is -0.396 e. The van der Waals surface area contributed by atoms with E-state index in [4.69, 9.17) is 10.8 Å². The molecule has 0 spiro atoms. The topological polar surface area (TPSA) is 64.1 Å². The first-order valence-corrected chi connectivity index (χ1v) is 5.50. The summed E-state index contributed by atoms with van der Waals surface area (Å²) in [4.78, 5) is 4.47. The van der Waals surface area contributed by atoms with Crippen LogP contribution in [0.3, 0.4) is 0 Å². The number of benzene rings is 1. The van der Waals surface area contributed by atoms with Gasteiger partial charge in [-0.3, -0.25) is 0 Å². The van der Waals surface area contributed by atoms with Crippen molar-refractivity contribution in [2.45, 2.75) is 25.9 Å². The molecule has 16 heavy (non-hydrogen) atoms. The molecule has 0 aliphatic heterocycles. The van der Waals surface area contributed by atoms with Crippen LogP contribution >= 0.6 is 0 Å². The first-order valence-electron chi connectivity index (χ1n) is 5.50. The molecule has 4 heteroatoms. The Hall–Kier alpha value is -1.39. The molecule has 3 N–H and O–H groups in total. The summed E-state index contributed by atoms with van der Waals surface area (Å²) in [6, 6.07) is 7.99. The van der Waals surface area contributed by atoms with Crippen molar-refractivity contribution in [1.29, 1.82) is 0 Å². The maximum atomic E-state index is 8.84. The van der Waals surface area contributed by atoms with Crippen LogP contribution in [-0.4, -0.2) is 27.3 Å². The number of para-hydroxylation sites is 2. The van der Waals surface area contributed by atoms with Crippen LogP contribution in [0.25, 0.3) is 11.0 Å². The fourth-order valence-electron chi connectivity index (χ4n) is 1.92. The van der Waals surface area contributed by atoms with Gasteiger partial charge in [-0.15, -0.1) is 0 Å². The van der Waals surface area contributed by atoms with Gasteiger partial charge in [0, 0.05) is 19.2 Å². The second kappa shape index (κ2) is 4.63. The molecule has 86 valence electrons. The van der Waals surface area contributed by atoms with Gasteiger partial charge in [0.1, 0.15) is 5.82 Å². The van der Waals surface area contributed by atoms with E-state index in [1.807, 2.05) is 31.2 Å². The quantitative estimate of drug-likeness (QED) is 0.808. The molecular weight excluding hydrogens is 202 g/mol. The number of imidazole rings is 1. The van der Waals surface area contributed by atoms with E-state index in [9.17, 15) is 0 Å². The average Bonchev–Trinajstić information content (AvgIpc) is 2.56. The average molecular weight is 219 g/mol. The molecule has 0 aliphatic rings. The Kier molecular flexibility index (Phi) is 3.22. The molecule has 0 saturated heterocycles. The minimum atomic E-state index is -0.0266. The number of nitrogens with two attached hydrogens (primary N) is 1. The Morgan fingerprint density at radius 2 is 2.19 bits per heavy atom. The van der Waals surface area contributed by atoms with Crippen LogP contribution in [0.4, 0.5) is 0 Å². The van der Waals surface area contributed by atoms with Gasteiger partial charge in [0.2, 0.25) is 0 Å². The van der Waals surface area contributed by atoms with Gasteiger partial charge in [-0.2, -0.15) is 0 Å². The summed E-state index contributed by atoms with van der Waals surface area (Å²) in [7, 11) is 0. The lowest BCUT2D eigenvalue weighted by Gasteiger charge is -2.13. The Labute approximate surface area is 94.7 Å². The molecule has 0 bridgehead atoms. The van der Waals surface area contributed by atoms with Crippen LogP contribution in [0.5, 0.6) is 0 Å². The van der Waals surface area contributed by atoms with E-state index in [2.05, 4.69) is 9.55 Å². The van der Waals surface area contributed by atoms with E-state index in [1.165, 1.54) is 0 Å². The van der Waals surface area contributed by atoms with Crippen LogP contribution in [0, 0.1) is 6.92 Å². The van der Waals surface area contributed by atoms with E-state index in [0.717, 1.165) is 16.9 Å². The van der Waals surface area contributed by atoms with Gasteiger partial charge in [0.25, 0.3) is 0 Å². The minimum absolute atomic E-state index is 0.0266. The maximum absolute atomic E-state index is 8.84. The lowest BCUT2D eigenvalue weighted by molar-refractivity contribution is 0.270. The summed E-state index contributed by atoms with van der Waals surface area (Å²) >= 11 is 0. The summed E-state index contributed by atoms with van der Waals surface area (Å²) in [5, 5.41) is 8.84. The predicted molar refractivity (Wildman–Crippen MR) is 64.1 cm³/mol. The zero-order valence-electron chi connectivity index (χ0n) is 9.43. The largest absolute Gasteiger partial charge is 0.396 e. The molecule has 0 radical (unpaired) electrons. The smallest absolute Gasteiger partial charge is 0.106 e. The van der Waals surface area contributed by atoms with Gasteiger partial charge in [-0.1, -0.05) is 12.1 Å². The second-order valence-corrected chi connectivity index (χ2v) is 4.03. The molecule has 2 rings (SSSR count). The third kappa shape index (κ3) is 2.08. The SMILES string of the molecule is Cc1nc2ccccc2n1CC(N)CCO. The summed E-state index contributed by atoms with van der Waals surface area (Å²) in [6.07, 6.45) is 0.617. The first-order chi connectivity index (χ1) is 7.72. The molecular formula is C12H17N3O. The van der Waals surface area contributed by atoms with E-state index < -0.39 is 0 Å². The number of aryl methyl sites for hydroxylation is 1. The number of aliphatic hydroxyl groups is 1. The number of hydrogen-bond donors (Lipinski definition) is 2. The van der Waals surface area contributed by atoms with Crippen molar-refractivity contribution < 1.29 is 5.11 Å². The number of nitrogens with zero attached hydrogens (tertiary/aromatic N) is 2. The van der Waals surface area contributed by atoms with E-state index in [-0.39, 0.29) is 12.6 Å². The fourth-order valence-corrected chi connectivity index (χ4v) is 1.92. The predicted octanol–water partition coefficient (Wildman–Crippen LogP) is 1.05. The van der Waals surface area contributed by atoms with Crippen LogP contribution in [0.2, 0.25) is 0 Å². The normalized spacial score (nSPS) is 13.2. The molecule has 2 aromatic rings. The van der Waals surface area contributed by atoms with E-state index in [1.54, 1.807) is 0 Å². The number of hydrogen-bond acceptors (Lipinski definition) is 3. The lowest BCUT2D eigenvalue weighted by atomic mass is 10.2. The van der Waals surface area contributed by atoms with E-state index in [0.29, 0.717) is 13.0 Å². The fraction of sp³-hybridized carbons (Fsp3) is 0.417. The molecule has 1 unspecified atom stereocenters. The lowest BCUT2D eigenvalue weighted by Crippen LogP contribution is -2.27. The molecule has 0 fully saturated rings. The maximum Gasteiger partial charge on any atom is 0.106 e. The van der Waals surface area contributed by atoms with Gasteiger partial charge in [-0.25, -0.2) is 4.98 Å². The highest BCUT2D eigenvalue weighted by atomic mass is 16.3. The molecule has 0 saturated carbocycles. The summed E-state index contributed by atoms with van der Waals surface area (Å²) in [5.41, 5.74) is 8.03. The highest BCUT2D eigenvalue weighted by Gasteiger charge is 2.09. The first kappa shape index (κ1) is 11.1. The standard InChI is InChI=1S/C12H17N3O/c1-9-14-11-4-2-3-5-12(11)15(9)8-10(13)6-7-16/h2-5,10,16H,6-8,13H2,1H3. The molecule has 0 aliphatic carbocycles. The monoisotopic (exact) mass is 219 g/mol. The van der Waals surface area contributed by atoms with Crippen LogP contribution in [0.1, 0.15) is 12.2 Å². The van der Waals surface area contributed by atoms with Gasteiger partial charge in [-0.05, 0) is 25.5 Å². The Balaban J connectivity index is 2.32. The zero-order chi connectivity index (χ0) is 11.5. The molecule has 1 aromatic carbocycles. The molecule has 1 atom stereocenters. The van der Waals surface area contributed by atoms with Crippen LogP contribution in [-0.2, 0) is 6.54 Å². The van der Waals surface area contributed by atoms with Gasteiger partial charge in [0.15, 0.2) is 0 Å². The van der Waals surface area contributed by atoms with E-state index >= 15 is 0 Å². The van der Waals surface area contributed by atoms with Crippen molar-refractivity contribution in [2.24, 2.45) is 5.73 Å². The summed E-state index contributed by atoms with van der Waals surface area (Å²) < 4.78 is 2.11. The third-order valence-electron chi connectivity index (χ3n) is 2.76. The van der Waals surface area contributed by atoms with Gasteiger partial charge < -0.3 is 15.4 Å². The number of aliphatic hydroxyl groups excluding tert-OH is 1. The number of fused-ring (bicyclic) bond motifs is 1. The number of aromatic nitrogens is 2. The van der Waals surface area contributed by atoms with Gasteiger partial charge in [0.05, 0.1) is 11.0 Å². The van der Waals surface area contributed by atoms with Crippen molar-refractivity contribution in [3.63, 3.8) is 0 Å². The van der Waals surface area contributed by atoms with Crippen molar-refractivity contribution in [1.82, 2.24) is 9.55 Å². The summed E-state index contributed by atoms with van der Waals surface area (Å²) in [6.45, 7) is 2.81. The van der Waals surface area contributed by atoms with Crippen molar-refractivity contribution >= 4 is 11.0 Å². The second-order valence-electron chi connectivity index (χ2n) is 4.03. The van der Waals surface area contributed by atoms with Crippen molar-refractivity contribution in [3.05, 3.63) is 30.1 Å². The number of rotatable bonds is 4. The Morgan fingerprint density at radius 3 is 2.94 bits per heavy atom. The van der Waals surface area contributed by atoms with Crippen LogP contribution < -0.4 is 5.73 Å². The third-order valence-corrected chi connectivity index (χ3v) is 2.76. The highest BCUT2D eigenvalue weighted by molar-refractivity contribution is 5.75. The molecule has 1 heterocycles. The van der Waals surface area contributed by atoms with Crippen LogP contribution in [0.15, 0.2) is 24.3 Å². The zero-order valence-corrected chi connectivity index (χ0v) is 9.43. The molecule has 0 amide bonds. The van der Waals surface area contributed by atoms with Gasteiger partial charge >= 0.3 is 0 Å². The Morgan fingerprint density at radius 1 is 1.44 bits per heavy atom. The van der Waals surface area contributed by atoms with Crippen molar-refractivity contribution in [2.75, 3.05) is 6.61 Å². The summed E-state index contributed by atoms with van der Waals surface area (Å²) in [5.74, 6) is 0.967.